The summed E-state index contributed by atoms with van der Waals surface area (Å²) in [5.41, 5.74) is 0. The molecule has 1 aromatic rings. The van der Waals surface area contributed by atoms with Crippen LogP contribution in [0.1, 0.15) is 13.8 Å². The van der Waals surface area contributed by atoms with E-state index in [9.17, 15) is 13.2 Å². The van der Waals surface area contributed by atoms with Crippen LogP contribution < -0.4 is 5.32 Å². The zero-order chi connectivity index (χ0) is 17.0. The summed E-state index contributed by atoms with van der Waals surface area (Å²) < 4.78 is 27.5. The smallest absolute Gasteiger partial charge is 0.243 e. The molecule has 1 aliphatic heterocycles. The minimum Gasteiger partial charge on any atom is -0.353 e. The Morgan fingerprint density at radius 2 is 1.91 bits per heavy atom. The van der Waals surface area contributed by atoms with Crippen molar-refractivity contribution in [2.24, 2.45) is 0 Å². The van der Waals surface area contributed by atoms with Crippen molar-refractivity contribution >= 4 is 31.9 Å². The first-order valence-electron chi connectivity index (χ1n) is 7.56. The van der Waals surface area contributed by atoms with Crippen LogP contribution in [0.2, 0.25) is 0 Å². The van der Waals surface area contributed by atoms with Gasteiger partial charge in [-0.05, 0) is 32.0 Å². The molecule has 0 aromatic heterocycles. The zero-order valence-electron chi connectivity index (χ0n) is 13.3. The third-order valence-electron chi connectivity index (χ3n) is 3.58. The van der Waals surface area contributed by atoms with Crippen LogP contribution in [0.4, 0.5) is 0 Å². The summed E-state index contributed by atoms with van der Waals surface area (Å²) >= 11 is 3.30. The molecule has 0 spiro atoms. The Labute approximate surface area is 146 Å². The van der Waals surface area contributed by atoms with Gasteiger partial charge in [-0.1, -0.05) is 22.0 Å². The second-order valence-electron chi connectivity index (χ2n) is 5.86. The van der Waals surface area contributed by atoms with Crippen molar-refractivity contribution in [2.75, 3.05) is 32.7 Å². The van der Waals surface area contributed by atoms with Crippen LogP contribution in [-0.4, -0.2) is 62.3 Å². The summed E-state index contributed by atoms with van der Waals surface area (Å²) in [6.07, 6.45) is 0. The first kappa shape index (κ1) is 18.4. The highest BCUT2D eigenvalue weighted by molar-refractivity contribution is 9.10. The van der Waals surface area contributed by atoms with Crippen LogP contribution in [-0.2, 0) is 14.8 Å². The van der Waals surface area contributed by atoms with Gasteiger partial charge < -0.3 is 5.32 Å². The van der Waals surface area contributed by atoms with E-state index < -0.39 is 10.0 Å². The fourth-order valence-electron chi connectivity index (χ4n) is 2.48. The number of halogens is 1. The van der Waals surface area contributed by atoms with Gasteiger partial charge in [-0.2, -0.15) is 4.31 Å². The number of nitrogens with one attached hydrogen (secondary N) is 1. The summed E-state index contributed by atoms with van der Waals surface area (Å²) in [6.45, 7) is 6.04. The van der Waals surface area contributed by atoms with Crippen molar-refractivity contribution in [3.05, 3.63) is 28.7 Å². The Hall–Kier alpha value is -0.960. The topological polar surface area (TPSA) is 69.7 Å². The first-order chi connectivity index (χ1) is 10.8. The molecule has 1 saturated heterocycles. The van der Waals surface area contributed by atoms with E-state index in [0.717, 1.165) is 4.47 Å². The van der Waals surface area contributed by atoms with E-state index in [1.165, 1.54) is 4.31 Å². The number of piperazine rings is 1. The number of amides is 1. The quantitative estimate of drug-likeness (QED) is 0.803. The normalized spacial score (nSPS) is 17.4. The van der Waals surface area contributed by atoms with E-state index in [0.29, 0.717) is 32.7 Å². The summed E-state index contributed by atoms with van der Waals surface area (Å²) in [7, 11) is -3.48. The second kappa shape index (κ2) is 7.74. The predicted octanol–water partition coefficient (Wildman–Crippen LogP) is 1.28. The van der Waals surface area contributed by atoms with Gasteiger partial charge in [0, 0.05) is 36.7 Å². The fourth-order valence-corrected chi connectivity index (χ4v) is 4.49. The molecular weight excluding hydrogens is 382 g/mol. The molecule has 128 valence electrons. The molecule has 0 radical (unpaired) electrons. The van der Waals surface area contributed by atoms with Crippen LogP contribution in [0.25, 0.3) is 0 Å². The van der Waals surface area contributed by atoms with E-state index in [1.807, 2.05) is 18.7 Å². The van der Waals surface area contributed by atoms with Crippen molar-refractivity contribution in [3.63, 3.8) is 0 Å². The molecule has 2 rings (SSSR count). The van der Waals surface area contributed by atoms with Gasteiger partial charge in [-0.3, -0.25) is 9.69 Å². The van der Waals surface area contributed by atoms with Crippen molar-refractivity contribution in [1.82, 2.24) is 14.5 Å². The van der Waals surface area contributed by atoms with Crippen LogP contribution in [0.3, 0.4) is 0 Å². The van der Waals surface area contributed by atoms with Crippen LogP contribution in [0.5, 0.6) is 0 Å². The van der Waals surface area contributed by atoms with Gasteiger partial charge in [0.2, 0.25) is 15.9 Å². The molecule has 0 unspecified atom stereocenters. The molecule has 1 heterocycles. The molecule has 1 N–H and O–H groups in total. The highest BCUT2D eigenvalue weighted by Gasteiger charge is 2.29. The average Bonchev–Trinajstić information content (AvgIpc) is 2.47. The van der Waals surface area contributed by atoms with Crippen LogP contribution in [0.15, 0.2) is 33.6 Å². The summed E-state index contributed by atoms with van der Waals surface area (Å²) in [6, 6.07) is 6.83. The third-order valence-corrected chi connectivity index (χ3v) is 5.97. The van der Waals surface area contributed by atoms with Crippen molar-refractivity contribution in [3.8, 4) is 0 Å². The number of sulfonamides is 1. The van der Waals surface area contributed by atoms with E-state index in [4.69, 9.17) is 0 Å². The molecule has 1 aliphatic rings. The number of carbonyl (C=O) groups is 1. The standard InChI is InChI=1S/C15H22BrN3O3S/c1-12(2)17-15(20)11-18-6-8-19(9-7-18)23(21,22)14-5-3-4-13(16)10-14/h3-5,10,12H,6-9,11H2,1-2H3,(H,17,20). The molecule has 1 aromatic carbocycles. The number of rotatable bonds is 5. The Kier molecular flexibility index (Phi) is 6.19. The van der Waals surface area contributed by atoms with Gasteiger partial charge in [0.1, 0.15) is 0 Å². The SMILES string of the molecule is CC(C)NC(=O)CN1CCN(S(=O)(=O)c2cccc(Br)c2)CC1. The van der Waals surface area contributed by atoms with Gasteiger partial charge in [-0.25, -0.2) is 8.42 Å². The minimum atomic E-state index is -3.48. The van der Waals surface area contributed by atoms with E-state index in [-0.39, 0.29) is 16.8 Å². The van der Waals surface area contributed by atoms with Crippen molar-refractivity contribution < 1.29 is 13.2 Å². The number of nitrogens with zero attached hydrogens (tertiary/aromatic N) is 2. The highest BCUT2D eigenvalue weighted by Crippen LogP contribution is 2.21. The number of benzene rings is 1. The fraction of sp³-hybridized carbons (Fsp3) is 0.533. The van der Waals surface area contributed by atoms with E-state index in [1.54, 1.807) is 24.3 Å². The number of hydrogen-bond acceptors (Lipinski definition) is 4. The van der Waals surface area contributed by atoms with Crippen molar-refractivity contribution in [2.45, 2.75) is 24.8 Å². The number of carbonyl (C=O) groups excluding carboxylic acids is 1. The summed E-state index contributed by atoms with van der Waals surface area (Å²) in [5.74, 6) is -0.0247. The summed E-state index contributed by atoms with van der Waals surface area (Å²) in [4.78, 5) is 14.0. The van der Waals surface area contributed by atoms with Gasteiger partial charge in [-0.15, -0.1) is 0 Å². The Morgan fingerprint density at radius 1 is 1.26 bits per heavy atom. The minimum absolute atomic E-state index is 0.0247. The van der Waals surface area contributed by atoms with Gasteiger partial charge in [0.05, 0.1) is 11.4 Å². The first-order valence-corrected chi connectivity index (χ1v) is 9.80. The van der Waals surface area contributed by atoms with Gasteiger partial charge in [0.25, 0.3) is 0 Å². The molecule has 0 aliphatic carbocycles. The average molecular weight is 404 g/mol. The lowest BCUT2D eigenvalue weighted by atomic mass is 10.3. The maximum atomic E-state index is 12.6. The molecule has 8 heteroatoms. The maximum absolute atomic E-state index is 12.6. The van der Waals surface area contributed by atoms with Crippen LogP contribution in [0, 0.1) is 0 Å². The summed E-state index contributed by atoms with van der Waals surface area (Å²) in [5, 5.41) is 2.85. The van der Waals surface area contributed by atoms with Gasteiger partial charge >= 0.3 is 0 Å². The molecule has 1 fully saturated rings. The number of hydrogen-bond donors (Lipinski definition) is 1. The Balaban J connectivity index is 1.95. The predicted molar refractivity (Wildman–Crippen MR) is 92.6 cm³/mol. The Morgan fingerprint density at radius 3 is 2.48 bits per heavy atom. The molecule has 23 heavy (non-hydrogen) atoms. The van der Waals surface area contributed by atoms with E-state index in [2.05, 4.69) is 21.2 Å². The molecular formula is C15H22BrN3O3S. The third kappa shape index (κ3) is 5.00. The lowest BCUT2D eigenvalue weighted by molar-refractivity contribution is -0.123. The lowest BCUT2D eigenvalue weighted by Gasteiger charge is -2.33. The van der Waals surface area contributed by atoms with Crippen molar-refractivity contribution in [1.29, 1.82) is 0 Å². The molecule has 0 bridgehead atoms. The highest BCUT2D eigenvalue weighted by atomic mass is 79.9. The van der Waals surface area contributed by atoms with Crippen LogP contribution >= 0.6 is 15.9 Å². The molecule has 1 amide bonds. The van der Waals surface area contributed by atoms with Gasteiger partial charge in [0.15, 0.2) is 0 Å². The second-order valence-corrected chi connectivity index (χ2v) is 8.71. The molecule has 0 saturated carbocycles. The molecule has 0 atom stereocenters. The lowest BCUT2D eigenvalue weighted by Crippen LogP contribution is -2.51. The largest absolute Gasteiger partial charge is 0.353 e. The zero-order valence-corrected chi connectivity index (χ0v) is 15.7. The Bertz CT molecular complexity index is 656. The molecule has 6 nitrogen and oxygen atoms in total. The monoisotopic (exact) mass is 403 g/mol. The maximum Gasteiger partial charge on any atom is 0.243 e. The van der Waals surface area contributed by atoms with E-state index >= 15 is 0 Å².